The Morgan fingerprint density at radius 1 is 0.633 bits per heavy atom. The van der Waals surface area contributed by atoms with Crippen LogP contribution in [0.5, 0.6) is 0 Å². The summed E-state index contributed by atoms with van der Waals surface area (Å²) in [5, 5.41) is 0. The van der Waals surface area contributed by atoms with E-state index in [-0.39, 0.29) is 0 Å². The number of nitrogens with zero attached hydrogens (tertiary/aromatic N) is 2. The largest absolute Gasteiger partial charge is 0.261 e. The summed E-state index contributed by atoms with van der Waals surface area (Å²) >= 11 is 0. The van der Waals surface area contributed by atoms with E-state index in [1.54, 1.807) is 0 Å². The fourth-order valence-corrected chi connectivity index (χ4v) is 4.47. The lowest BCUT2D eigenvalue weighted by Gasteiger charge is -2.05. The van der Waals surface area contributed by atoms with Gasteiger partial charge in [-0.2, -0.15) is 4.57 Å². The van der Waals surface area contributed by atoms with Gasteiger partial charge in [-0.15, -0.1) is 0 Å². The van der Waals surface area contributed by atoms with Crippen molar-refractivity contribution < 1.29 is 4.57 Å². The summed E-state index contributed by atoms with van der Waals surface area (Å²) in [6, 6.07) is 10.8. The Balaban J connectivity index is 1.57. The van der Waals surface area contributed by atoms with Gasteiger partial charge in [0.25, 0.3) is 5.82 Å². The van der Waals surface area contributed by atoms with Gasteiger partial charge in [0.1, 0.15) is 18.1 Å². The summed E-state index contributed by atoms with van der Waals surface area (Å²) in [6.07, 6.45) is 26.8. The predicted molar refractivity (Wildman–Crippen MR) is 130 cm³/mol. The van der Waals surface area contributed by atoms with Gasteiger partial charge < -0.3 is 0 Å². The van der Waals surface area contributed by atoms with E-state index in [4.69, 9.17) is 0 Å². The van der Waals surface area contributed by atoms with Crippen LogP contribution in [0.3, 0.4) is 0 Å². The van der Waals surface area contributed by atoms with Crippen molar-refractivity contribution in [2.75, 3.05) is 0 Å². The monoisotopic (exact) mass is 411 g/mol. The minimum Gasteiger partial charge on any atom is -0.234 e. The van der Waals surface area contributed by atoms with Gasteiger partial charge in [-0.25, -0.2) is 4.57 Å². The summed E-state index contributed by atoms with van der Waals surface area (Å²) in [5.41, 5.74) is 1.28. The standard InChI is InChI=1S/C28H47N2/c1-3-5-6-7-8-9-10-11-12-13-14-15-16-20-23-28-29(24-4-2)25-26-30(28)27-21-18-17-19-22-27/h17-19,21-22,25-26H,3-16,20,23-24H2,1-2H3/q+1. The van der Waals surface area contributed by atoms with Crippen molar-refractivity contribution in [3.05, 3.63) is 48.5 Å². The summed E-state index contributed by atoms with van der Waals surface area (Å²) in [5.74, 6) is 1.46. The highest BCUT2D eigenvalue weighted by Crippen LogP contribution is 2.15. The Morgan fingerprint density at radius 2 is 1.17 bits per heavy atom. The molecule has 0 spiro atoms. The number of hydrogen-bond acceptors (Lipinski definition) is 0. The number of aryl methyl sites for hydroxylation is 1. The fourth-order valence-electron chi connectivity index (χ4n) is 4.47. The highest BCUT2D eigenvalue weighted by Gasteiger charge is 2.17. The molecule has 1 heterocycles. The van der Waals surface area contributed by atoms with Crippen molar-refractivity contribution in [1.29, 1.82) is 0 Å². The number of imidazole rings is 1. The zero-order chi connectivity index (χ0) is 21.3. The first kappa shape index (κ1) is 24.7. The SMILES string of the molecule is CCCCCCCCCCCCCCCCc1n(-c2ccccc2)cc[n+]1CCC. The molecule has 0 amide bonds. The van der Waals surface area contributed by atoms with Crippen LogP contribution in [0.4, 0.5) is 0 Å². The van der Waals surface area contributed by atoms with E-state index < -0.39 is 0 Å². The molecule has 0 aliphatic heterocycles. The summed E-state index contributed by atoms with van der Waals surface area (Å²) in [4.78, 5) is 0. The Bertz CT molecular complexity index is 644. The molecule has 0 radical (unpaired) electrons. The summed E-state index contributed by atoms with van der Waals surface area (Å²) in [7, 11) is 0. The van der Waals surface area contributed by atoms with E-state index in [9.17, 15) is 0 Å². The van der Waals surface area contributed by atoms with E-state index in [2.05, 4.69) is 65.7 Å². The average Bonchev–Trinajstić information content (AvgIpc) is 3.17. The maximum absolute atomic E-state index is 2.45. The zero-order valence-electron chi connectivity index (χ0n) is 20.0. The smallest absolute Gasteiger partial charge is 0.234 e. The molecule has 2 heteroatoms. The van der Waals surface area contributed by atoms with Gasteiger partial charge >= 0.3 is 0 Å². The van der Waals surface area contributed by atoms with Gasteiger partial charge in [0.2, 0.25) is 0 Å². The Hall–Kier alpha value is -1.57. The first-order valence-corrected chi connectivity index (χ1v) is 13.0. The second kappa shape index (κ2) is 16.2. The van der Waals surface area contributed by atoms with Crippen LogP contribution in [0.2, 0.25) is 0 Å². The lowest BCUT2D eigenvalue weighted by Crippen LogP contribution is -2.36. The highest BCUT2D eigenvalue weighted by molar-refractivity contribution is 5.31. The number of rotatable bonds is 18. The quantitative estimate of drug-likeness (QED) is 0.173. The molecule has 1 aromatic heterocycles. The highest BCUT2D eigenvalue weighted by atomic mass is 15.1. The van der Waals surface area contributed by atoms with E-state index in [1.807, 2.05) is 0 Å². The molecule has 2 aromatic rings. The predicted octanol–water partition coefficient (Wildman–Crippen LogP) is 8.20. The Kier molecular flexibility index (Phi) is 13.3. The van der Waals surface area contributed by atoms with Gasteiger partial charge in [-0.1, -0.05) is 116 Å². The minimum absolute atomic E-state index is 1.12. The van der Waals surface area contributed by atoms with Crippen LogP contribution in [0.15, 0.2) is 42.7 Å². The first-order chi connectivity index (χ1) is 14.9. The lowest BCUT2D eigenvalue weighted by molar-refractivity contribution is -0.703. The number of aromatic nitrogens is 2. The van der Waals surface area contributed by atoms with Crippen LogP contribution in [0.1, 0.15) is 116 Å². The van der Waals surface area contributed by atoms with Crippen molar-refractivity contribution in [1.82, 2.24) is 4.57 Å². The van der Waals surface area contributed by atoms with Crippen LogP contribution in [0, 0.1) is 0 Å². The van der Waals surface area contributed by atoms with Crippen LogP contribution >= 0.6 is 0 Å². The maximum Gasteiger partial charge on any atom is 0.261 e. The molecule has 0 bridgehead atoms. The molecular formula is C28H47N2+. The van der Waals surface area contributed by atoms with Crippen molar-refractivity contribution >= 4 is 0 Å². The van der Waals surface area contributed by atoms with Gasteiger partial charge in [-0.05, 0) is 25.0 Å². The molecule has 0 saturated carbocycles. The minimum atomic E-state index is 1.12. The number of benzene rings is 1. The van der Waals surface area contributed by atoms with Crippen molar-refractivity contribution in [2.24, 2.45) is 0 Å². The fraction of sp³-hybridized carbons (Fsp3) is 0.679. The van der Waals surface area contributed by atoms with Crippen LogP contribution in [-0.4, -0.2) is 4.57 Å². The molecule has 2 nitrogen and oxygen atoms in total. The van der Waals surface area contributed by atoms with Gasteiger partial charge in [0.05, 0.1) is 6.54 Å². The Morgan fingerprint density at radius 3 is 1.70 bits per heavy atom. The van der Waals surface area contributed by atoms with E-state index in [0.29, 0.717) is 0 Å². The third-order valence-corrected chi connectivity index (χ3v) is 6.26. The molecule has 168 valence electrons. The second-order valence-electron chi connectivity index (χ2n) is 8.96. The molecule has 0 saturated heterocycles. The Labute approximate surface area is 186 Å². The third kappa shape index (κ3) is 9.49. The van der Waals surface area contributed by atoms with Crippen LogP contribution in [-0.2, 0) is 13.0 Å². The van der Waals surface area contributed by atoms with Gasteiger partial charge in [0, 0.05) is 6.42 Å². The molecule has 0 unspecified atom stereocenters. The lowest BCUT2D eigenvalue weighted by atomic mass is 10.0. The molecule has 0 aliphatic rings. The molecule has 0 atom stereocenters. The third-order valence-electron chi connectivity index (χ3n) is 6.26. The summed E-state index contributed by atoms with van der Waals surface area (Å²) < 4.78 is 4.84. The number of para-hydroxylation sites is 1. The number of unbranched alkanes of at least 4 members (excludes halogenated alkanes) is 13. The molecule has 0 N–H and O–H groups in total. The first-order valence-electron chi connectivity index (χ1n) is 13.0. The molecule has 2 rings (SSSR count). The van der Waals surface area contributed by atoms with E-state index in [0.717, 1.165) is 6.54 Å². The van der Waals surface area contributed by atoms with E-state index in [1.165, 1.54) is 114 Å². The molecule has 1 aromatic carbocycles. The van der Waals surface area contributed by atoms with Gasteiger partial charge in [-0.3, -0.25) is 0 Å². The number of hydrogen-bond donors (Lipinski definition) is 0. The van der Waals surface area contributed by atoms with E-state index >= 15 is 0 Å². The molecule has 0 aliphatic carbocycles. The normalized spacial score (nSPS) is 11.3. The van der Waals surface area contributed by atoms with Crippen molar-refractivity contribution in [3.8, 4) is 5.69 Å². The van der Waals surface area contributed by atoms with Crippen LogP contribution < -0.4 is 4.57 Å². The molecule has 30 heavy (non-hydrogen) atoms. The zero-order valence-corrected chi connectivity index (χ0v) is 20.0. The maximum atomic E-state index is 2.45. The average molecular weight is 412 g/mol. The molecule has 0 fully saturated rings. The van der Waals surface area contributed by atoms with Crippen LogP contribution in [0.25, 0.3) is 5.69 Å². The topological polar surface area (TPSA) is 8.81 Å². The molecular weight excluding hydrogens is 364 g/mol. The second-order valence-corrected chi connectivity index (χ2v) is 8.96. The van der Waals surface area contributed by atoms with Crippen molar-refractivity contribution in [2.45, 2.75) is 123 Å². The summed E-state index contributed by atoms with van der Waals surface area (Å²) in [6.45, 7) is 5.68. The van der Waals surface area contributed by atoms with Gasteiger partial charge in [0.15, 0.2) is 0 Å². The van der Waals surface area contributed by atoms with Crippen molar-refractivity contribution in [3.63, 3.8) is 0 Å².